The zero-order valence-electron chi connectivity index (χ0n) is 8.07. The van der Waals surface area contributed by atoms with Gasteiger partial charge in [-0.1, -0.05) is 0 Å². The highest BCUT2D eigenvalue weighted by molar-refractivity contribution is 7.90. The number of hydrogen-bond donors (Lipinski definition) is 1. The standard InChI is InChI=1S/C8H18N2O2S/c1-13(11,12)7-6-10(5-4-9)8-2-3-8/h8H,2-7,9H2,1H3. The van der Waals surface area contributed by atoms with Crippen molar-refractivity contribution in [2.24, 2.45) is 5.73 Å². The minimum absolute atomic E-state index is 0.253. The topological polar surface area (TPSA) is 63.4 Å². The number of nitrogens with zero attached hydrogens (tertiary/aromatic N) is 1. The second-order valence-electron chi connectivity index (χ2n) is 3.69. The van der Waals surface area contributed by atoms with Crippen LogP contribution in [-0.4, -0.2) is 51.0 Å². The summed E-state index contributed by atoms with van der Waals surface area (Å²) in [6, 6.07) is 0.602. The minimum atomic E-state index is -2.83. The van der Waals surface area contributed by atoms with Crippen LogP contribution in [0.5, 0.6) is 0 Å². The Kier molecular flexibility index (Phi) is 3.70. The molecular formula is C8H18N2O2S. The lowest BCUT2D eigenvalue weighted by molar-refractivity contribution is 0.287. The first kappa shape index (κ1) is 10.9. The maximum atomic E-state index is 10.9. The highest BCUT2D eigenvalue weighted by Gasteiger charge is 2.28. The molecule has 0 unspecified atom stereocenters. The van der Waals surface area contributed by atoms with Crippen molar-refractivity contribution < 1.29 is 8.42 Å². The lowest BCUT2D eigenvalue weighted by atomic mass is 10.4. The number of sulfone groups is 1. The van der Waals surface area contributed by atoms with Gasteiger partial charge in [-0.3, -0.25) is 4.90 Å². The minimum Gasteiger partial charge on any atom is -0.329 e. The molecule has 2 N–H and O–H groups in total. The molecule has 0 aromatic heterocycles. The summed E-state index contributed by atoms with van der Waals surface area (Å²) in [7, 11) is -2.83. The number of hydrogen-bond acceptors (Lipinski definition) is 4. The van der Waals surface area contributed by atoms with Gasteiger partial charge >= 0.3 is 0 Å². The molecule has 0 amide bonds. The maximum Gasteiger partial charge on any atom is 0.148 e. The lowest BCUT2D eigenvalue weighted by Gasteiger charge is -2.20. The molecule has 0 heterocycles. The first-order chi connectivity index (χ1) is 6.03. The molecule has 0 bridgehead atoms. The predicted octanol–water partition coefficient (Wildman–Crippen LogP) is -0.546. The van der Waals surface area contributed by atoms with Crippen molar-refractivity contribution in [3.8, 4) is 0 Å². The molecule has 1 aliphatic rings. The van der Waals surface area contributed by atoms with Crippen LogP contribution in [0, 0.1) is 0 Å². The van der Waals surface area contributed by atoms with Crippen LogP contribution in [0.4, 0.5) is 0 Å². The van der Waals surface area contributed by atoms with Gasteiger partial charge in [-0.25, -0.2) is 8.42 Å². The van der Waals surface area contributed by atoms with Crippen LogP contribution in [0.15, 0.2) is 0 Å². The Bertz CT molecular complexity index is 247. The Balaban J connectivity index is 2.30. The maximum absolute atomic E-state index is 10.9. The SMILES string of the molecule is CS(=O)(=O)CCN(CCN)C1CC1. The smallest absolute Gasteiger partial charge is 0.148 e. The van der Waals surface area contributed by atoms with Crippen LogP contribution < -0.4 is 5.73 Å². The molecular weight excluding hydrogens is 188 g/mol. The van der Waals surface area contributed by atoms with E-state index >= 15 is 0 Å². The molecule has 78 valence electrons. The fourth-order valence-corrected chi connectivity index (χ4v) is 1.93. The van der Waals surface area contributed by atoms with Gasteiger partial charge in [0.05, 0.1) is 5.75 Å². The predicted molar refractivity (Wildman–Crippen MR) is 53.4 cm³/mol. The third kappa shape index (κ3) is 4.59. The van der Waals surface area contributed by atoms with Crippen molar-refractivity contribution in [2.75, 3.05) is 31.6 Å². The van der Waals surface area contributed by atoms with Gasteiger partial charge in [0.1, 0.15) is 9.84 Å². The van der Waals surface area contributed by atoms with Crippen molar-refractivity contribution in [3.05, 3.63) is 0 Å². The zero-order valence-corrected chi connectivity index (χ0v) is 8.89. The van der Waals surface area contributed by atoms with E-state index in [2.05, 4.69) is 4.90 Å². The van der Waals surface area contributed by atoms with Crippen LogP contribution in [0.2, 0.25) is 0 Å². The Hall–Kier alpha value is -0.130. The fraction of sp³-hybridized carbons (Fsp3) is 1.00. The first-order valence-electron chi connectivity index (χ1n) is 4.65. The molecule has 1 rings (SSSR count). The van der Waals surface area contributed by atoms with Crippen LogP contribution in [0.3, 0.4) is 0 Å². The molecule has 13 heavy (non-hydrogen) atoms. The molecule has 0 atom stereocenters. The molecule has 0 aromatic rings. The van der Waals surface area contributed by atoms with Gasteiger partial charge in [0, 0.05) is 31.9 Å². The van der Waals surface area contributed by atoms with Crippen molar-refractivity contribution >= 4 is 9.84 Å². The van der Waals surface area contributed by atoms with E-state index in [1.54, 1.807) is 0 Å². The quantitative estimate of drug-likeness (QED) is 0.633. The summed E-state index contributed by atoms with van der Waals surface area (Å²) in [5.41, 5.74) is 5.44. The number of rotatable bonds is 6. The molecule has 0 spiro atoms. The van der Waals surface area contributed by atoms with E-state index in [0.29, 0.717) is 19.1 Å². The summed E-state index contributed by atoms with van der Waals surface area (Å²) in [5, 5.41) is 0. The van der Waals surface area contributed by atoms with Crippen molar-refractivity contribution in [1.82, 2.24) is 4.90 Å². The van der Waals surface area contributed by atoms with Crippen molar-refractivity contribution in [2.45, 2.75) is 18.9 Å². The largest absolute Gasteiger partial charge is 0.329 e. The highest BCUT2D eigenvalue weighted by atomic mass is 32.2. The van der Waals surface area contributed by atoms with Gasteiger partial charge in [0.2, 0.25) is 0 Å². The summed E-state index contributed by atoms with van der Waals surface area (Å²) in [6.45, 7) is 2.07. The third-order valence-electron chi connectivity index (χ3n) is 2.23. The molecule has 5 heteroatoms. The normalized spacial score (nSPS) is 18.1. The van der Waals surface area contributed by atoms with Crippen molar-refractivity contribution in [3.63, 3.8) is 0 Å². The second-order valence-corrected chi connectivity index (χ2v) is 5.95. The summed E-state index contributed by atoms with van der Waals surface area (Å²) in [4.78, 5) is 2.18. The van der Waals surface area contributed by atoms with Crippen LogP contribution in [-0.2, 0) is 9.84 Å². The Labute approximate surface area is 80.0 Å². The zero-order chi connectivity index (χ0) is 9.90. The van der Waals surface area contributed by atoms with E-state index in [4.69, 9.17) is 5.73 Å². The molecule has 1 aliphatic carbocycles. The Morgan fingerprint density at radius 2 is 2.00 bits per heavy atom. The summed E-state index contributed by atoms with van der Waals surface area (Å²) in [5.74, 6) is 0.253. The average molecular weight is 206 g/mol. The monoisotopic (exact) mass is 206 g/mol. The molecule has 0 saturated heterocycles. The summed E-state index contributed by atoms with van der Waals surface area (Å²) in [6.07, 6.45) is 3.67. The van der Waals surface area contributed by atoms with Crippen LogP contribution in [0.1, 0.15) is 12.8 Å². The molecule has 0 radical (unpaired) electrons. The second kappa shape index (κ2) is 4.39. The Morgan fingerprint density at radius 1 is 1.38 bits per heavy atom. The van der Waals surface area contributed by atoms with E-state index in [1.807, 2.05) is 0 Å². The van der Waals surface area contributed by atoms with E-state index < -0.39 is 9.84 Å². The molecule has 0 aliphatic heterocycles. The lowest BCUT2D eigenvalue weighted by Crippen LogP contribution is -2.35. The van der Waals surface area contributed by atoms with E-state index in [-0.39, 0.29) is 5.75 Å². The summed E-state index contributed by atoms with van der Waals surface area (Å²) >= 11 is 0. The molecule has 0 aromatic carbocycles. The third-order valence-corrected chi connectivity index (χ3v) is 3.15. The first-order valence-corrected chi connectivity index (χ1v) is 6.71. The van der Waals surface area contributed by atoms with Gasteiger partial charge < -0.3 is 5.73 Å². The van der Waals surface area contributed by atoms with E-state index in [1.165, 1.54) is 19.1 Å². The molecule has 1 fully saturated rings. The highest BCUT2D eigenvalue weighted by Crippen LogP contribution is 2.25. The van der Waals surface area contributed by atoms with Gasteiger partial charge in [-0.05, 0) is 12.8 Å². The van der Waals surface area contributed by atoms with Crippen molar-refractivity contribution in [1.29, 1.82) is 0 Å². The summed E-state index contributed by atoms with van der Waals surface area (Å²) < 4.78 is 21.9. The van der Waals surface area contributed by atoms with Crippen LogP contribution >= 0.6 is 0 Å². The van der Waals surface area contributed by atoms with Crippen LogP contribution in [0.25, 0.3) is 0 Å². The Morgan fingerprint density at radius 3 is 2.38 bits per heavy atom. The van der Waals surface area contributed by atoms with Gasteiger partial charge in [0.25, 0.3) is 0 Å². The average Bonchev–Trinajstić information content (AvgIpc) is 2.78. The van der Waals surface area contributed by atoms with Gasteiger partial charge in [-0.2, -0.15) is 0 Å². The van der Waals surface area contributed by atoms with Gasteiger partial charge in [0.15, 0.2) is 0 Å². The fourth-order valence-electron chi connectivity index (χ4n) is 1.37. The van der Waals surface area contributed by atoms with E-state index in [9.17, 15) is 8.42 Å². The number of nitrogens with two attached hydrogens (primary N) is 1. The van der Waals surface area contributed by atoms with E-state index in [0.717, 1.165) is 6.54 Å². The molecule has 1 saturated carbocycles. The van der Waals surface area contributed by atoms with Gasteiger partial charge in [-0.15, -0.1) is 0 Å². The molecule has 4 nitrogen and oxygen atoms in total.